The van der Waals surface area contributed by atoms with Crippen molar-refractivity contribution in [1.82, 2.24) is 0 Å². The Kier molecular flexibility index (Phi) is 4.24. The van der Waals surface area contributed by atoms with Gasteiger partial charge in [-0.25, -0.2) is 0 Å². The van der Waals surface area contributed by atoms with Crippen molar-refractivity contribution in [3.63, 3.8) is 0 Å². The van der Waals surface area contributed by atoms with Crippen LogP contribution >= 0.6 is 15.9 Å². The molecule has 4 nitrogen and oxygen atoms in total. The quantitative estimate of drug-likeness (QED) is 0.896. The lowest BCUT2D eigenvalue weighted by atomic mass is 10.0. The standard InChI is InChI=1S/C14H16BrNO3/c1-8-11(15)3-2-4-12(8)16-13(17)9-5-6-10(7-9)14(18)19/h2-4,9-10H,5-7H2,1H3,(H,16,17)(H,18,19). The Morgan fingerprint density at radius 3 is 2.63 bits per heavy atom. The highest BCUT2D eigenvalue weighted by Gasteiger charge is 2.33. The van der Waals surface area contributed by atoms with Gasteiger partial charge in [0.1, 0.15) is 0 Å². The number of carbonyl (C=O) groups excluding carboxylic acids is 1. The largest absolute Gasteiger partial charge is 0.481 e. The Morgan fingerprint density at radius 2 is 2.00 bits per heavy atom. The predicted molar refractivity (Wildman–Crippen MR) is 76.0 cm³/mol. The fourth-order valence-corrected chi connectivity index (χ4v) is 2.79. The second-order valence-electron chi connectivity index (χ2n) is 4.95. The Balaban J connectivity index is 2.02. The lowest BCUT2D eigenvalue weighted by Crippen LogP contribution is -2.22. The van der Waals surface area contributed by atoms with Gasteiger partial charge in [-0.05, 0) is 43.9 Å². The Bertz CT molecular complexity index is 515. The van der Waals surface area contributed by atoms with Crippen LogP contribution in [0.15, 0.2) is 22.7 Å². The summed E-state index contributed by atoms with van der Waals surface area (Å²) in [7, 11) is 0. The summed E-state index contributed by atoms with van der Waals surface area (Å²) in [5.41, 5.74) is 1.75. The first kappa shape index (κ1) is 14.1. The molecule has 1 aliphatic rings. The summed E-state index contributed by atoms with van der Waals surface area (Å²) in [6, 6.07) is 5.63. The van der Waals surface area contributed by atoms with E-state index in [1.807, 2.05) is 25.1 Å². The molecule has 0 aliphatic heterocycles. The number of aliphatic carboxylic acids is 1. The van der Waals surface area contributed by atoms with E-state index in [1.54, 1.807) is 0 Å². The molecule has 0 saturated heterocycles. The van der Waals surface area contributed by atoms with Crippen molar-refractivity contribution in [2.45, 2.75) is 26.2 Å². The number of anilines is 1. The van der Waals surface area contributed by atoms with Crippen molar-refractivity contribution in [2.24, 2.45) is 11.8 Å². The van der Waals surface area contributed by atoms with E-state index in [2.05, 4.69) is 21.2 Å². The van der Waals surface area contributed by atoms with Crippen molar-refractivity contribution < 1.29 is 14.7 Å². The van der Waals surface area contributed by atoms with Gasteiger partial charge in [0.05, 0.1) is 5.92 Å². The molecule has 0 bridgehead atoms. The van der Waals surface area contributed by atoms with Gasteiger partial charge in [0.2, 0.25) is 5.91 Å². The fourth-order valence-electron chi connectivity index (χ4n) is 2.42. The number of hydrogen-bond donors (Lipinski definition) is 2. The van der Waals surface area contributed by atoms with Crippen LogP contribution < -0.4 is 5.32 Å². The summed E-state index contributed by atoms with van der Waals surface area (Å²) in [5, 5.41) is 11.8. The highest BCUT2D eigenvalue weighted by atomic mass is 79.9. The van der Waals surface area contributed by atoms with Crippen molar-refractivity contribution in [3.8, 4) is 0 Å². The number of nitrogens with one attached hydrogen (secondary N) is 1. The summed E-state index contributed by atoms with van der Waals surface area (Å²) in [6.45, 7) is 1.92. The van der Waals surface area contributed by atoms with Crippen molar-refractivity contribution in [1.29, 1.82) is 0 Å². The Morgan fingerprint density at radius 1 is 1.32 bits per heavy atom. The number of amides is 1. The van der Waals surface area contributed by atoms with E-state index in [1.165, 1.54) is 0 Å². The second kappa shape index (κ2) is 5.74. The van der Waals surface area contributed by atoms with Gasteiger partial charge in [0.25, 0.3) is 0 Å². The molecule has 1 aromatic carbocycles. The van der Waals surface area contributed by atoms with E-state index >= 15 is 0 Å². The van der Waals surface area contributed by atoms with E-state index in [-0.39, 0.29) is 17.7 Å². The van der Waals surface area contributed by atoms with Gasteiger partial charge in [0, 0.05) is 16.1 Å². The van der Waals surface area contributed by atoms with Crippen LogP contribution in [0.2, 0.25) is 0 Å². The van der Waals surface area contributed by atoms with Crippen molar-refractivity contribution >= 4 is 33.5 Å². The molecule has 2 rings (SSSR count). The SMILES string of the molecule is Cc1c(Br)cccc1NC(=O)C1CCC(C(=O)O)C1. The first-order chi connectivity index (χ1) is 8.99. The molecule has 0 spiro atoms. The summed E-state index contributed by atoms with van der Waals surface area (Å²) in [5.74, 6) is -1.45. The van der Waals surface area contributed by atoms with Crippen LogP contribution in [0.4, 0.5) is 5.69 Å². The number of hydrogen-bond acceptors (Lipinski definition) is 2. The van der Waals surface area contributed by atoms with Crippen LogP contribution in [0.5, 0.6) is 0 Å². The molecule has 2 N–H and O–H groups in total. The van der Waals surface area contributed by atoms with Crippen LogP contribution in [-0.2, 0) is 9.59 Å². The summed E-state index contributed by atoms with van der Waals surface area (Å²) in [6.07, 6.45) is 1.68. The van der Waals surface area contributed by atoms with E-state index in [0.29, 0.717) is 19.3 Å². The van der Waals surface area contributed by atoms with E-state index in [4.69, 9.17) is 5.11 Å². The van der Waals surface area contributed by atoms with Gasteiger partial charge in [-0.3, -0.25) is 9.59 Å². The molecule has 1 saturated carbocycles. The molecule has 1 aromatic rings. The number of benzene rings is 1. The van der Waals surface area contributed by atoms with E-state index < -0.39 is 5.97 Å². The van der Waals surface area contributed by atoms with Gasteiger partial charge < -0.3 is 10.4 Å². The van der Waals surface area contributed by atoms with Gasteiger partial charge in [-0.15, -0.1) is 0 Å². The number of halogens is 1. The average molecular weight is 326 g/mol. The molecule has 1 aliphatic carbocycles. The third-order valence-corrected chi connectivity index (χ3v) is 4.54. The number of carbonyl (C=O) groups is 2. The third kappa shape index (κ3) is 3.15. The minimum Gasteiger partial charge on any atom is -0.481 e. The number of carboxylic acids is 1. The highest BCUT2D eigenvalue weighted by Crippen LogP contribution is 2.32. The predicted octanol–water partition coefficient (Wildman–Crippen LogP) is 3.20. The summed E-state index contributed by atoms with van der Waals surface area (Å²) in [4.78, 5) is 23.0. The molecule has 1 fully saturated rings. The van der Waals surface area contributed by atoms with Crippen molar-refractivity contribution in [3.05, 3.63) is 28.2 Å². The molecule has 0 heterocycles. The average Bonchev–Trinajstić information content (AvgIpc) is 2.84. The van der Waals surface area contributed by atoms with Gasteiger partial charge in [-0.2, -0.15) is 0 Å². The molecule has 0 radical (unpaired) electrons. The number of rotatable bonds is 3. The smallest absolute Gasteiger partial charge is 0.306 e. The molecule has 1 amide bonds. The number of carboxylic acid groups (broad SMARTS) is 1. The van der Waals surface area contributed by atoms with Crippen LogP contribution in [-0.4, -0.2) is 17.0 Å². The van der Waals surface area contributed by atoms with Crippen molar-refractivity contribution in [2.75, 3.05) is 5.32 Å². The fraction of sp³-hybridized carbons (Fsp3) is 0.429. The lowest BCUT2D eigenvalue weighted by Gasteiger charge is -2.13. The molecule has 2 atom stereocenters. The summed E-state index contributed by atoms with van der Waals surface area (Å²) >= 11 is 3.42. The molecule has 0 aromatic heterocycles. The van der Waals surface area contributed by atoms with Gasteiger partial charge in [-0.1, -0.05) is 22.0 Å². The maximum Gasteiger partial charge on any atom is 0.306 e. The van der Waals surface area contributed by atoms with E-state index in [0.717, 1.165) is 15.7 Å². The maximum atomic E-state index is 12.1. The topological polar surface area (TPSA) is 66.4 Å². The lowest BCUT2D eigenvalue weighted by molar-refractivity contribution is -0.141. The van der Waals surface area contributed by atoms with Crippen LogP contribution in [0, 0.1) is 18.8 Å². The maximum absolute atomic E-state index is 12.1. The zero-order valence-electron chi connectivity index (χ0n) is 10.6. The zero-order valence-corrected chi connectivity index (χ0v) is 12.2. The minimum atomic E-state index is -0.797. The molecular weight excluding hydrogens is 310 g/mol. The Labute approximate surface area is 120 Å². The molecule has 2 unspecified atom stereocenters. The van der Waals surface area contributed by atoms with Crippen LogP contribution in [0.25, 0.3) is 0 Å². The first-order valence-corrected chi connectivity index (χ1v) is 7.07. The van der Waals surface area contributed by atoms with Gasteiger partial charge >= 0.3 is 5.97 Å². The minimum absolute atomic E-state index is 0.0787. The summed E-state index contributed by atoms with van der Waals surface area (Å²) < 4.78 is 0.945. The Hall–Kier alpha value is -1.36. The molecule has 5 heteroatoms. The van der Waals surface area contributed by atoms with Crippen LogP contribution in [0.3, 0.4) is 0 Å². The molecule has 19 heavy (non-hydrogen) atoms. The normalized spacial score (nSPS) is 22.2. The monoisotopic (exact) mass is 325 g/mol. The molecule has 102 valence electrons. The third-order valence-electron chi connectivity index (χ3n) is 3.68. The van der Waals surface area contributed by atoms with Gasteiger partial charge in [0.15, 0.2) is 0 Å². The molecular formula is C14H16BrNO3. The second-order valence-corrected chi connectivity index (χ2v) is 5.80. The first-order valence-electron chi connectivity index (χ1n) is 6.28. The van der Waals surface area contributed by atoms with E-state index in [9.17, 15) is 9.59 Å². The highest BCUT2D eigenvalue weighted by molar-refractivity contribution is 9.10. The zero-order chi connectivity index (χ0) is 14.0. The van der Waals surface area contributed by atoms with Crippen LogP contribution in [0.1, 0.15) is 24.8 Å².